The number of carbonyl (C=O) groups excluding carboxylic acids is 1. The molecule has 136 valence electrons. The molecule has 0 bridgehead atoms. The topological polar surface area (TPSA) is 79.4 Å². The Morgan fingerprint density at radius 2 is 2.08 bits per heavy atom. The second-order valence-corrected chi connectivity index (χ2v) is 9.69. The highest BCUT2D eigenvalue weighted by atomic mass is 32.2. The van der Waals surface area contributed by atoms with Crippen LogP contribution in [-0.4, -0.2) is 49.6 Å². The number of amides is 1. The van der Waals surface area contributed by atoms with Gasteiger partial charge < -0.3 is 4.90 Å². The van der Waals surface area contributed by atoms with Gasteiger partial charge in [0, 0.05) is 25.0 Å². The van der Waals surface area contributed by atoms with Crippen LogP contribution in [0.5, 0.6) is 0 Å². The molecule has 2 atom stereocenters. The molecule has 1 aromatic heterocycles. The van der Waals surface area contributed by atoms with E-state index in [1.54, 1.807) is 4.90 Å². The number of aryl methyl sites for hydroxylation is 1. The Balaban J connectivity index is 2.18. The lowest BCUT2D eigenvalue weighted by atomic mass is 9.99. The van der Waals surface area contributed by atoms with E-state index in [1.807, 2.05) is 6.92 Å². The molecule has 0 aromatic carbocycles. The first kappa shape index (κ1) is 19.3. The third-order valence-electron chi connectivity index (χ3n) is 4.25. The smallest absolute Gasteiger partial charge is 0.265 e. The molecule has 0 radical (unpaired) electrons. The van der Waals surface area contributed by atoms with E-state index in [-0.39, 0.29) is 17.9 Å². The number of aromatic nitrogens is 1. The normalized spacial score (nSPS) is 21.7. The number of nitrogens with one attached hydrogen (secondary N) is 1. The summed E-state index contributed by atoms with van der Waals surface area (Å²) in [7, 11) is -3.29. The van der Waals surface area contributed by atoms with E-state index >= 15 is 0 Å². The fraction of sp³-hybridized carbons (Fsp3) is 0.750. The van der Waals surface area contributed by atoms with Crippen LogP contribution in [0.4, 0.5) is 0 Å². The van der Waals surface area contributed by atoms with Gasteiger partial charge in [-0.1, -0.05) is 27.2 Å². The minimum absolute atomic E-state index is 0.0317. The summed E-state index contributed by atoms with van der Waals surface area (Å²) in [6.45, 7) is 9.07. The van der Waals surface area contributed by atoms with Gasteiger partial charge in [-0.15, -0.1) is 11.3 Å². The van der Waals surface area contributed by atoms with Crippen molar-refractivity contribution in [3.63, 3.8) is 0 Å². The number of likely N-dealkylation sites (tertiary alicyclic amines) is 1. The van der Waals surface area contributed by atoms with Crippen molar-refractivity contribution in [2.45, 2.75) is 52.5 Å². The highest BCUT2D eigenvalue weighted by Crippen LogP contribution is 2.29. The van der Waals surface area contributed by atoms with Crippen LogP contribution in [0.3, 0.4) is 0 Å². The first-order valence-electron chi connectivity index (χ1n) is 8.36. The molecule has 24 heavy (non-hydrogen) atoms. The lowest BCUT2D eigenvalue weighted by molar-refractivity contribution is 0.0789. The molecule has 1 N–H and O–H groups in total. The standard InChI is InChI=1S/C16H27N3O3S2/c1-6-7-12-8-19(9-13(12)18-24(5,21)22)16(20)14-11(4)17-15(23-14)10(2)3/h10,12-13,18H,6-9H2,1-5H3. The minimum Gasteiger partial charge on any atom is -0.336 e. The van der Waals surface area contributed by atoms with Crippen molar-refractivity contribution in [2.24, 2.45) is 5.92 Å². The predicted molar refractivity (Wildman–Crippen MR) is 97.0 cm³/mol. The fourth-order valence-electron chi connectivity index (χ4n) is 3.12. The Kier molecular flexibility index (Phi) is 6.04. The zero-order valence-corrected chi connectivity index (χ0v) is 16.6. The molecular formula is C16H27N3O3S2. The molecule has 1 fully saturated rings. The summed E-state index contributed by atoms with van der Waals surface area (Å²) in [6.07, 6.45) is 3.03. The van der Waals surface area contributed by atoms with E-state index in [0.717, 1.165) is 23.5 Å². The van der Waals surface area contributed by atoms with Crippen molar-refractivity contribution in [2.75, 3.05) is 19.3 Å². The Morgan fingerprint density at radius 3 is 2.58 bits per heavy atom. The summed E-state index contributed by atoms with van der Waals surface area (Å²) in [5.74, 6) is 0.420. The molecule has 6 nitrogen and oxygen atoms in total. The van der Waals surface area contributed by atoms with Gasteiger partial charge in [0.05, 0.1) is 17.0 Å². The summed E-state index contributed by atoms with van der Waals surface area (Å²) in [4.78, 5) is 19.8. The van der Waals surface area contributed by atoms with Gasteiger partial charge in [0.25, 0.3) is 5.91 Å². The van der Waals surface area contributed by atoms with Gasteiger partial charge in [-0.05, 0) is 19.3 Å². The molecule has 0 aliphatic carbocycles. The summed E-state index contributed by atoms with van der Waals surface area (Å²) < 4.78 is 25.9. The van der Waals surface area contributed by atoms with Gasteiger partial charge in [-0.3, -0.25) is 4.79 Å². The molecule has 1 amide bonds. The molecule has 2 heterocycles. The van der Waals surface area contributed by atoms with Crippen molar-refractivity contribution >= 4 is 27.3 Å². The van der Waals surface area contributed by atoms with Crippen molar-refractivity contribution in [3.8, 4) is 0 Å². The second kappa shape index (κ2) is 7.49. The van der Waals surface area contributed by atoms with Gasteiger partial charge >= 0.3 is 0 Å². The SMILES string of the molecule is CCCC1CN(C(=O)c2sc(C(C)C)nc2C)CC1NS(C)(=O)=O. The van der Waals surface area contributed by atoms with E-state index in [0.29, 0.717) is 23.9 Å². The minimum atomic E-state index is -3.29. The van der Waals surface area contributed by atoms with Crippen LogP contribution < -0.4 is 4.72 Å². The lowest BCUT2D eigenvalue weighted by Gasteiger charge is -2.17. The highest BCUT2D eigenvalue weighted by molar-refractivity contribution is 7.88. The van der Waals surface area contributed by atoms with Crippen molar-refractivity contribution in [1.82, 2.24) is 14.6 Å². The van der Waals surface area contributed by atoms with Gasteiger partial charge in [-0.2, -0.15) is 0 Å². The number of nitrogens with zero attached hydrogens (tertiary/aromatic N) is 2. The van der Waals surface area contributed by atoms with Crippen molar-refractivity contribution in [3.05, 3.63) is 15.6 Å². The average Bonchev–Trinajstić information content (AvgIpc) is 3.01. The van der Waals surface area contributed by atoms with E-state index < -0.39 is 10.0 Å². The van der Waals surface area contributed by atoms with Crippen LogP contribution in [0.15, 0.2) is 0 Å². The molecule has 0 spiro atoms. The van der Waals surface area contributed by atoms with Gasteiger partial charge in [0.1, 0.15) is 4.88 Å². The number of hydrogen-bond donors (Lipinski definition) is 1. The van der Waals surface area contributed by atoms with Crippen LogP contribution >= 0.6 is 11.3 Å². The Bertz CT molecular complexity index is 697. The fourth-order valence-corrected chi connectivity index (χ4v) is 4.97. The van der Waals surface area contributed by atoms with E-state index in [4.69, 9.17) is 0 Å². The summed E-state index contributed by atoms with van der Waals surface area (Å²) in [5, 5.41) is 0.964. The first-order chi connectivity index (χ1) is 11.1. The van der Waals surface area contributed by atoms with E-state index in [1.165, 1.54) is 17.6 Å². The third kappa shape index (κ3) is 4.55. The Labute approximate surface area is 148 Å². The molecule has 8 heteroatoms. The zero-order chi connectivity index (χ0) is 18.1. The summed E-state index contributed by atoms with van der Waals surface area (Å²) >= 11 is 1.45. The largest absolute Gasteiger partial charge is 0.336 e. The molecule has 1 aromatic rings. The van der Waals surface area contributed by atoms with Crippen LogP contribution in [0.1, 0.15) is 59.9 Å². The van der Waals surface area contributed by atoms with E-state index in [2.05, 4.69) is 30.5 Å². The third-order valence-corrected chi connectivity index (χ3v) is 6.43. The zero-order valence-electron chi connectivity index (χ0n) is 15.0. The Hall–Kier alpha value is -0.990. The highest BCUT2D eigenvalue weighted by Gasteiger charge is 2.37. The quantitative estimate of drug-likeness (QED) is 0.830. The molecule has 2 rings (SSSR count). The number of carbonyl (C=O) groups is 1. The maximum absolute atomic E-state index is 12.9. The van der Waals surface area contributed by atoms with Gasteiger partial charge in [-0.25, -0.2) is 18.1 Å². The monoisotopic (exact) mass is 373 g/mol. The van der Waals surface area contributed by atoms with Crippen LogP contribution in [0, 0.1) is 12.8 Å². The van der Waals surface area contributed by atoms with Crippen LogP contribution in [0.25, 0.3) is 0 Å². The maximum atomic E-state index is 12.9. The number of thiazole rings is 1. The second-order valence-electron chi connectivity index (χ2n) is 6.88. The molecule has 0 saturated carbocycles. The molecule has 1 aliphatic heterocycles. The van der Waals surface area contributed by atoms with Crippen LogP contribution in [0.2, 0.25) is 0 Å². The van der Waals surface area contributed by atoms with Crippen molar-refractivity contribution in [1.29, 1.82) is 0 Å². The number of hydrogen-bond acceptors (Lipinski definition) is 5. The first-order valence-corrected chi connectivity index (χ1v) is 11.1. The summed E-state index contributed by atoms with van der Waals surface area (Å²) in [5.41, 5.74) is 0.764. The average molecular weight is 374 g/mol. The van der Waals surface area contributed by atoms with E-state index in [9.17, 15) is 13.2 Å². The Morgan fingerprint density at radius 1 is 1.42 bits per heavy atom. The predicted octanol–water partition coefficient (Wildman–Crippen LogP) is 2.36. The lowest BCUT2D eigenvalue weighted by Crippen LogP contribution is -2.40. The molecular weight excluding hydrogens is 346 g/mol. The summed E-state index contributed by atoms with van der Waals surface area (Å²) in [6, 6.07) is -0.207. The molecule has 2 unspecified atom stereocenters. The molecule has 1 aliphatic rings. The number of rotatable bonds is 6. The van der Waals surface area contributed by atoms with Gasteiger partial charge in [0.15, 0.2) is 0 Å². The number of sulfonamides is 1. The van der Waals surface area contributed by atoms with Crippen molar-refractivity contribution < 1.29 is 13.2 Å². The van der Waals surface area contributed by atoms with Gasteiger partial charge in [0.2, 0.25) is 10.0 Å². The molecule has 1 saturated heterocycles. The maximum Gasteiger partial charge on any atom is 0.265 e. The van der Waals surface area contributed by atoms with Crippen LogP contribution in [-0.2, 0) is 10.0 Å².